The zero-order chi connectivity index (χ0) is 23.3. The molecular formula is C22H22BrN3O6. The van der Waals surface area contributed by atoms with Gasteiger partial charge >= 0.3 is 5.97 Å². The molecule has 168 valence electrons. The Morgan fingerprint density at radius 3 is 2.50 bits per heavy atom. The molecule has 0 aliphatic carbocycles. The van der Waals surface area contributed by atoms with Crippen LogP contribution in [-0.2, 0) is 11.2 Å². The van der Waals surface area contributed by atoms with Crippen LogP contribution in [0.3, 0.4) is 0 Å². The number of benzene rings is 2. The number of methoxy groups -OCH3 is 2. The van der Waals surface area contributed by atoms with Crippen molar-refractivity contribution in [2.45, 2.75) is 19.8 Å². The van der Waals surface area contributed by atoms with Gasteiger partial charge in [0.25, 0.3) is 5.56 Å². The van der Waals surface area contributed by atoms with E-state index in [1.54, 1.807) is 24.3 Å². The Bertz CT molecular complexity index is 1210. The van der Waals surface area contributed by atoms with Crippen LogP contribution in [0.15, 0.2) is 44.7 Å². The molecule has 0 fully saturated rings. The summed E-state index contributed by atoms with van der Waals surface area (Å²) in [7, 11) is 2.86. The Balaban J connectivity index is 2.08. The quantitative estimate of drug-likeness (QED) is 0.444. The molecule has 0 saturated carbocycles. The van der Waals surface area contributed by atoms with Crippen molar-refractivity contribution < 1.29 is 24.1 Å². The number of carboxylic acids is 1. The number of aryl methyl sites for hydroxylation is 1. The average Bonchev–Trinajstić information content (AvgIpc) is 2.77. The number of halogens is 1. The molecule has 3 rings (SSSR count). The van der Waals surface area contributed by atoms with Crippen molar-refractivity contribution in [3.05, 3.63) is 56.5 Å². The minimum absolute atomic E-state index is 0.163. The molecule has 0 aliphatic rings. The lowest BCUT2D eigenvalue weighted by atomic mass is 10.2. The van der Waals surface area contributed by atoms with E-state index in [2.05, 4.69) is 26.0 Å². The summed E-state index contributed by atoms with van der Waals surface area (Å²) in [6.07, 6.45) is 2.85. The molecule has 1 aromatic heterocycles. The Kier molecular flexibility index (Phi) is 7.47. The van der Waals surface area contributed by atoms with Crippen LogP contribution >= 0.6 is 15.9 Å². The van der Waals surface area contributed by atoms with E-state index in [1.165, 1.54) is 25.1 Å². The first-order valence-electron chi connectivity index (χ1n) is 9.74. The van der Waals surface area contributed by atoms with Gasteiger partial charge in [0.15, 0.2) is 18.1 Å². The van der Waals surface area contributed by atoms with Gasteiger partial charge in [-0.1, -0.05) is 22.9 Å². The summed E-state index contributed by atoms with van der Waals surface area (Å²) in [5.41, 5.74) is 0.887. The molecule has 10 heteroatoms. The smallest absolute Gasteiger partial charge is 0.341 e. The second kappa shape index (κ2) is 10.3. The number of ether oxygens (including phenoxy) is 3. The third kappa shape index (κ3) is 5.08. The predicted molar refractivity (Wildman–Crippen MR) is 123 cm³/mol. The molecule has 32 heavy (non-hydrogen) atoms. The molecule has 9 nitrogen and oxygen atoms in total. The van der Waals surface area contributed by atoms with Gasteiger partial charge in [-0.3, -0.25) is 4.79 Å². The second-order valence-corrected chi connectivity index (χ2v) is 7.65. The lowest BCUT2D eigenvalue weighted by Gasteiger charge is -2.14. The monoisotopic (exact) mass is 503 g/mol. The SMILES string of the molecule is CCCc1nc2ccc(Br)cc2c(=O)n1N=Cc1cc(OC)c(OCC(=O)O)c(OC)c1. The van der Waals surface area contributed by atoms with Gasteiger partial charge in [0.2, 0.25) is 5.75 Å². The number of hydrogen-bond acceptors (Lipinski definition) is 7. The van der Waals surface area contributed by atoms with Gasteiger partial charge in [-0.05, 0) is 36.8 Å². The van der Waals surface area contributed by atoms with Crippen LogP contribution in [0.1, 0.15) is 24.7 Å². The van der Waals surface area contributed by atoms with Crippen LogP contribution < -0.4 is 19.8 Å². The molecule has 1 N–H and O–H groups in total. The average molecular weight is 504 g/mol. The van der Waals surface area contributed by atoms with Crippen molar-refractivity contribution in [3.63, 3.8) is 0 Å². The fourth-order valence-electron chi connectivity index (χ4n) is 3.07. The second-order valence-electron chi connectivity index (χ2n) is 6.74. The molecule has 3 aromatic rings. The number of rotatable bonds is 9. The molecule has 0 bridgehead atoms. The van der Waals surface area contributed by atoms with Gasteiger partial charge in [0.1, 0.15) is 5.82 Å². The van der Waals surface area contributed by atoms with Gasteiger partial charge in [-0.25, -0.2) is 9.78 Å². The zero-order valence-corrected chi connectivity index (χ0v) is 19.4. The number of aliphatic carboxylic acids is 1. The first-order chi connectivity index (χ1) is 15.4. The summed E-state index contributed by atoms with van der Waals surface area (Å²) in [5.74, 6) is 0.125. The molecule has 0 amide bonds. The summed E-state index contributed by atoms with van der Waals surface area (Å²) in [6.45, 7) is 1.45. The molecule has 0 radical (unpaired) electrons. The van der Waals surface area contributed by atoms with E-state index in [9.17, 15) is 9.59 Å². The highest BCUT2D eigenvalue weighted by molar-refractivity contribution is 9.10. The van der Waals surface area contributed by atoms with Crippen molar-refractivity contribution in [1.82, 2.24) is 9.66 Å². The fraction of sp³-hybridized carbons (Fsp3) is 0.273. The molecular weight excluding hydrogens is 482 g/mol. The third-order valence-electron chi connectivity index (χ3n) is 4.49. The van der Waals surface area contributed by atoms with Crippen molar-refractivity contribution >= 4 is 39.0 Å². The maximum absolute atomic E-state index is 13.1. The van der Waals surface area contributed by atoms with Gasteiger partial charge in [0, 0.05) is 16.5 Å². The van der Waals surface area contributed by atoms with E-state index in [0.29, 0.717) is 28.7 Å². The van der Waals surface area contributed by atoms with Crippen molar-refractivity contribution in [2.24, 2.45) is 5.10 Å². The molecule has 0 spiro atoms. The molecule has 0 aliphatic heterocycles. The van der Waals surface area contributed by atoms with Gasteiger partial charge < -0.3 is 19.3 Å². The Morgan fingerprint density at radius 1 is 1.22 bits per heavy atom. The zero-order valence-electron chi connectivity index (χ0n) is 17.8. The van der Waals surface area contributed by atoms with Gasteiger partial charge in [-0.2, -0.15) is 9.78 Å². The van der Waals surface area contributed by atoms with E-state index < -0.39 is 12.6 Å². The Labute approximate surface area is 192 Å². The summed E-state index contributed by atoms with van der Waals surface area (Å²) >= 11 is 3.39. The Morgan fingerprint density at radius 2 is 1.91 bits per heavy atom. The number of nitrogens with zero attached hydrogens (tertiary/aromatic N) is 3. The number of hydrogen-bond donors (Lipinski definition) is 1. The summed E-state index contributed by atoms with van der Waals surface area (Å²) in [5, 5.41) is 13.7. The first kappa shape index (κ1) is 23.3. The van der Waals surface area contributed by atoms with Crippen LogP contribution in [0.25, 0.3) is 10.9 Å². The van der Waals surface area contributed by atoms with Crippen LogP contribution in [0.4, 0.5) is 0 Å². The number of fused-ring (bicyclic) bond motifs is 1. The maximum Gasteiger partial charge on any atom is 0.341 e. The number of aromatic nitrogens is 2. The highest BCUT2D eigenvalue weighted by Gasteiger charge is 2.16. The standard InChI is InChI=1S/C22H22BrN3O6/c1-4-5-19-25-16-7-6-14(23)10-15(16)22(29)26(19)24-11-13-8-17(30-2)21(18(9-13)31-3)32-12-20(27)28/h6-11H,4-5,12H2,1-3H3,(H,27,28). The van der Waals surface area contributed by atoms with E-state index in [1.807, 2.05) is 13.0 Å². The molecule has 2 aromatic carbocycles. The van der Waals surface area contributed by atoms with Gasteiger partial charge in [-0.15, -0.1) is 0 Å². The van der Waals surface area contributed by atoms with E-state index >= 15 is 0 Å². The summed E-state index contributed by atoms with van der Waals surface area (Å²) in [4.78, 5) is 28.6. The van der Waals surface area contributed by atoms with E-state index in [4.69, 9.17) is 19.3 Å². The van der Waals surface area contributed by atoms with Crippen molar-refractivity contribution in [2.75, 3.05) is 20.8 Å². The minimum atomic E-state index is -1.13. The molecule has 0 unspecified atom stereocenters. The van der Waals surface area contributed by atoms with Crippen LogP contribution in [0.2, 0.25) is 0 Å². The van der Waals surface area contributed by atoms with E-state index in [-0.39, 0.29) is 22.8 Å². The number of carboxylic acid groups (broad SMARTS) is 1. The van der Waals surface area contributed by atoms with Crippen LogP contribution in [-0.4, -0.2) is 47.8 Å². The minimum Gasteiger partial charge on any atom is -0.493 e. The van der Waals surface area contributed by atoms with Crippen molar-refractivity contribution in [1.29, 1.82) is 0 Å². The lowest BCUT2D eigenvalue weighted by molar-refractivity contribution is -0.139. The molecule has 1 heterocycles. The van der Waals surface area contributed by atoms with Crippen molar-refractivity contribution in [3.8, 4) is 17.2 Å². The summed E-state index contributed by atoms with van der Waals surface area (Å²) in [6, 6.07) is 8.56. The largest absolute Gasteiger partial charge is 0.493 e. The maximum atomic E-state index is 13.1. The highest BCUT2D eigenvalue weighted by Crippen LogP contribution is 2.38. The molecule has 0 atom stereocenters. The van der Waals surface area contributed by atoms with E-state index in [0.717, 1.165) is 10.9 Å². The first-order valence-corrected chi connectivity index (χ1v) is 10.5. The predicted octanol–water partition coefficient (Wildman–Crippen LogP) is 3.47. The van der Waals surface area contributed by atoms with Crippen LogP contribution in [0.5, 0.6) is 17.2 Å². The third-order valence-corrected chi connectivity index (χ3v) is 4.99. The fourth-order valence-corrected chi connectivity index (χ4v) is 3.44. The lowest BCUT2D eigenvalue weighted by Crippen LogP contribution is -2.22. The topological polar surface area (TPSA) is 112 Å². The van der Waals surface area contributed by atoms with Crippen LogP contribution in [0, 0.1) is 0 Å². The summed E-state index contributed by atoms with van der Waals surface area (Å²) < 4.78 is 18.0. The Hall–Kier alpha value is -3.40. The highest BCUT2D eigenvalue weighted by atomic mass is 79.9. The van der Waals surface area contributed by atoms with Gasteiger partial charge in [0.05, 0.1) is 31.3 Å². The number of carbonyl (C=O) groups is 1. The molecule has 0 saturated heterocycles. The normalized spacial score (nSPS) is 11.1.